The Kier molecular flexibility index (Phi) is 8.46. The number of hydrogen-bond acceptors (Lipinski definition) is 6. The van der Waals surface area contributed by atoms with Crippen molar-refractivity contribution in [3.05, 3.63) is 51.6 Å². The molecule has 34 heavy (non-hydrogen) atoms. The maximum atomic E-state index is 13.2. The Morgan fingerprint density at radius 2 is 1.97 bits per heavy atom. The number of anilines is 1. The number of aromatic nitrogens is 1. The van der Waals surface area contributed by atoms with Crippen LogP contribution in [-0.4, -0.2) is 37.9 Å². The molecular weight excluding hydrogens is 517 g/mol. The van der Waals surface area contributed by atoms with Gasteiger partial charge in [0, 0.05) is 29.3 Å². The van der Waals surface area contributed by atoms with E-state index in [0.29, 0.717) is 53.9 Å². The van der Waals surface area contributed by atoms with Gasteiger partial charge in [-0.3, -0.25) is 0 Å². The molecule has 10 heteroatoms. The van der Waals surface area contributed by atoms with E-state index in [-0.39, 0.29) is 16.9 Å². The lowest BCUT2D eigenvalue weighted by atomic mass is 10.0. The molecule has 0 aliphatic rings. The number of ether oxygens (including phenoxy) is 2. The molecule has 0 fully saturated rings. The number of esters is 1. The predicted molar refractivity (Wildman–Crippen MR) is 126 cm³/mol. The Hall–Kier alpha value is -2.75. The van der Waals surface area contributed by atoms with Crippen LogP contribution in [0, 0.1) is 0 Å². The van der Waals surface area contributed by atoms with E-state index in [2.05, 4.69) is 21.1 Å². The van der Waals surface area contributed by atoms with Crippen molar-refractivity contribution < 1.29 is 32.0 Å². The third kappa shape index (κ3) is 5.84. The quantitative estimate of drug-likeness (QED) is 0.211. The van der Waals surface area contributed by atoms with Crippen molar-refractivity contribution in [3.8, 4) is 5.75 Å². The SMILES string of the molecule is CCCc1c(OCCCN(C)c2ccc(C(=O)OCC)c(Br)c2)ccc2c(C(F)(F)F)noc12. The van der Waals surface area contributed by atoms with E-state index in [9.17, 15) is 18.0 Å². The first kappa shape index (κ1) is 25.9. The summed E-state index contributed by atoms with van der Waals surface area (Å²) in [6, 6.07) is 8.30. The second-order valence-electron chi connectivity index (χ2n) is 7.71. The van der Waals surface area contributed by atoms with Crippen LogP contribution in [0.3, 0.4) is 0 Å². The molecule has 0 N–H and O–H groups in total. The summed E-state index contributed by atoms with van der Waals surface area (Å²) >= 11 is 3.42. The second kappa shape index (κ2) is 11.1. The number of nitrogens with zero attached hydrogens (tertiary/aromatic N) is 2. The lowest BCUT2D eigenvalue weighted by Gasteiger charge is -2.20. The predicted octanol–water partition coefficient (Wildman–Crippen LogP) is 6.64. The first-order valence-electron chi connectivity index (χ1n) is 11.0. The summed E-state index contributed by atoms with van der Waals surface area (Å²) in [4.78, 5) is 14.0. The molecule has 0 spiro atoms. The van der Waals surface area contributed by atoms with Crippen LogP contribution < -0.4 is 9.64 Å². The number of fused-ring (bicyclic) bond motifs is 1. The molecule has 1 heterocycles. The highest BCUT2D eigenvalue weighted by molar-refractivity contribution is 9.10. The Bertz CT molecular complexity index is 1150. The van der Waals surface area contributed by atoms with Crippen LogP contribution in [-0.2, 0) is 17.3 Å². The Labute approximate surface area is 204 Å². The minimum Gasteiger partial charge on any atom is -0.493 e. The van der Waals surface area contributed by atoms with Crippen molar-refractivity contribution in [2.45, 2.75) is 39.3 Å². The molecule has 6 nitrogen and oxygen atoms in total. The van der Waals surface area contributed by atoms with E-state index in [4.69, 9.17) is 14.0 Å². The molecule has 0 bridgehead atoms. The van der Waals surface area contributed by atoms with Crippen molar-refractivity contribution >= 4 is 38.6 Å². The summed E-state index contributed by atoms with van der Waals surface area (Å²) in [5.41, 5.74) is 1.06. The summed E-state index contributed by atoms with van der Waals surface area (Å²) in [5.74, 6) is 0.120. The molecule has 2 aromatic carbocycles. The van der Waals surface area contributed by atoms with Crippen LogP contribution >= 0.6 is 15.9 Å². The van der Waals surface area contributed by atoms with Crippen molar-refractivity contribution in [2.24, 2.45) is 0 Å². The van der Waals surface area contributed by atoms with Gasteiger partial charge in [-0.1, -0.05) is 18.5 Å². The van der Waals surface area contributed by atoms with Gasteiger partial charge in [0.2, 0.25) is 0 Å². The summed E-state index contributed by atoms with van der Waals surface area (Å²) < 4.78 is 56.2. The number of hydrogen-bond donors (Lipinski definition) is 0. The third-order valence-electron chi connectivity index (χ3n) is 5.25. The zero-order chi connectivity index (χ0) is 24.9. The molecule has 0 saturated heterocycles. The van der Waals surface area contributed by atoms with E-state index in [0.717, 1.165) is 12.1 Å². The van der Waals surface area contributed by atoms with Gasteiger partial charge >= 0.3 is 12.1 Å². The smallest absolute Gasteiger partial charge is 0.437 e. The van der Waals surface area contributed by atoms with Gasteiger partial charge in [-0.05, 0) is 66.0 Å². The van der Waals surface area contributed by atoms with Gasteiger partial charge in [0.1, 0.15) is 5.75 Å². The van der Waals surface area contributed by atoms with Gasteiger partial charge in [0.05, 0.1) is 24.2 Å². The highest BCUT2D eigenvalue weighted by Crippen LogP contribution is 2.38. The van der Waals surface area contributed by atoms with Crippen LogP contribution in [0.2, 0.25) is 0 Å². The van der Waals surface area contributed by atoms with Crippen molar-refractivity contribution in [2.75, 3.05) is 31.7 Å². The maximum absolute atomic E-state index is 13.2. The Balaban J connectivity index is 1.64. The number of alkyl halides is 3. The van der Waals surface area contributed by atoms with Gasteiger partial charge in [0.25, 0.3) is 0 Å². The van der Waals surface area contributed by atoms with Gasteiger partial charge < -0.3 is 18.9 Å². The van der Waals surface area contributed by atoms with Crippen LogP contribution in [0.4, 0.5) is 18.9 Å². The Morgan fingerprint density at radius 1 is 1.21 bits per heavy atom. The number of benzene rings is 2. The molecule has 1 aromatic heterocycles. The van der Waals surface area contributed by atoms with Crippen LogP contribution in [0.25, 0.3) is 11.0 Å². The molecule has 0 aliphatic heterocycles. The lowest BCUT2D eigenvalue weighted by Crippen LogP contribution is -2.20. The summed E-state index contributed by atoms with van der Waals surface area (Å²) in [6.45, 7) is 5.03. The van der Waals surface area contributed by atoms with Gasteiger partial charge in [-0.25, -0.2) is 4.79 Å². The molecular formula is C24H26BrF3N2O4. The minimum atomic E-state index is -4.58. The minimum absolute atomic E-state index is 0.0557. The van der Waals surface area contributed by atoms with Crippen LogP contribution in [0.1, 0.15) is 48.3 Å². The third-order valence-corrected chi connectivity index (χ3v) is 5.91. The number of carbonyl (C=O) groups excluding carboxylic acids is 1. The topological polar surface area (TPSA) is 64.8 Å². The van der Waals surface area contributed by atoms with E-state index in [1.807, 2.05) is 31.0 Å². The zero-order valence-corrected chi connectivity index (χ0v) is 20.8. The molecule has 3 rings (SSSR count). The molecule has 0 atom stereocenters. The second-order valence-corrected chi connectivity index (χ2v) is 8.56. The van der Waals surface area contributed by atoms with Crippen LogP contribution in [0.15, 0.2) is 39.3 Å². The molecule has 3 aromatic rings. The highest BCUT2D eigenvalue weighted by atomic mass is 79.9. The normalized spacial score (nSPS) is 11.6. The highest BCUT2D eigenvalue weighted by Gasteiger charge is 2.37. The van der Waals surface area contributed by atoms with E-state index in [1.54, 1.807) is 19.1 Å². The van der Waals surface area contributed by atoms with Gasteiger partial charge in [-0.15, -0.1) is 0 Å². The zero-order valence-electron chi connectivity index (χ0n) is 19.2. The molecule has 184 valence electrons. The monoisotopic (exact) mass is 542 g/mol. The average Bonchev–Trinajstić information content (AvgIpc) is 3.23. The molecule has 0 saturated carbocycles. The number of halogens is 4. The fraction of sp³-hybridized carbons (Fsp3) is 0.417. The van der Waals surface area contributed by atoms with Gasteiger partial charge in [0.15, 0.2) is 11.3 Å². The number of aryl methyl sites for hydroxylation is 1. The fourth-order valence-corrected chi connectivity index (χ4v) is 4.12. The van der Waals surface area contributed by atoms with Crippen molar-refractivity contribution in [1.82, 2.24) is 5.16 Å². The largest absolute Gasteiger partial charge is 0.493 e. The summed E-state index contributed by atoms with van der Waals surface area (Å²) in [5, 5.41) is 3.19. The molecule has 0 amide bonds. The van der Waals surface area contributed by atoms with E-state index in [1.165, 1.54) is 6.07 Å². The van der Waals surface area contributed by atoms with E-state index < -0.39 is 11.9 Å². The van der Waals surface area contributed by atoms with Gasteiger partial charge in [-0.2, -0.15) is 13.2 Å². The maximum Gasteiger partial charge on any atom is 0.437 e. The summed E-state index contributed by atoms with van der Waals surface area (Å²) in [6.07, 6.45) is -2.68. The molecule has 0 aliphatic carbocycles. The number of rotatable bonds is 10. The molecule has 0 unspecified atom stereocenters. The van der Waals surface area contributed by atoms with Crippen LogP contribution in [0.5, 0.6) is 5.75 Å². The number of carbonyl (C=O) groups is 1. The van der Waals surface area contributed by atoms with Crippen molar-refractivity contribution in [1.29, 1.82) is 0 Å². The average molecular weight is 543 g/mol. The first-order valence-corrected chi connectivity index (χ1v) is 11.8. The summed E-state index contributed by atoms with van der Waals surface area (Å²) in [7, 11) is 1.92. The van der Waals surface area contributed by atoms with E-state index >= 15 is 0 Å². The van der Waals surface area contributed by atoms with Crippen molar-refractivity contribution in [3.63, 3.8) is 0 Å². The first-order chi connectivity index (χ1) is 16.2. The fourth-order valence-electron chi connectivity index (χ4n) is 3.60. The molecule has 0 radical (unpaired) electrons. The lowest BCUT2D eigenvalue weighted by molar-refractivity contribution is -0.141. The standard InChI is InChI=1S/C24H26BrF3N2O4/c1-4-7-17-20(11-10-18-21(17)34-29-22(18)24(26,27)28)33-13-6-12-30(3)15-8-9-16(19(25)14-15)23(31)32-5-2/h8-11,14H,4-7,12-13H2,1-3H3. The Morgan fingerprint density at radius 3 is 2.62 bits per heavy atom.